The number of rotatable bonds is 4. The molecule has 1 saturated heterocycles. The van der Waals surface area contributed by atoms with Gasteiger partial charge in [0.15, 0.2) is 0 Å². The molecular formula is C14H20N2O4. The van der Waals surface area contributed by atoms with Crippen molar-refractivity contribution in [3.63, 3.8) is 0 Å². The first kappa shape index (κ1) is 14.9. The fraction of sp³-hybridized carbons (Fsp3) is 0.571. The van der Waals surface area contributed by atoms with Crippen LogP contribution in [0.1, 0.15) is 23.0 Å². The highest BCUT2D eigenvalue weighted by molar-refractivity contribution is 5.88. The number of esters is 1. The Hall–Kier alpha value is -1.50. The van der Waals surface area contributed by atoms with Gasteiger partial charge in [-0.1, -0.05) is 0 Å². The molecule has 0 aliphatic carbocycles. The highest BCUT2D eigenvalue weighted by Crippen LogP contribution is 2.14. The second-order valence-corrected chi connectivity index (χ2v) is 4.95. The number of pyridine rings is 1. The second-order valence-electron chi connectivity index (χ2n) is 4.95. The number of morpholine rings is 1. The van der Waals surface area contributed by atoms with Gasteiger partial charge in [0.05, 0.1) is 37.7 Å². The Morgan fingerprint density at radius 2 is 2.40 bits per heavy atom. The Kier molecular flexibility index (Phi) is 5.05. The summed E-state index contributed by atoms with van der Waals surface area (Å²) in [5.41, 5.74) is 1.32. The van der Waals surface area contributed by atoms with Crippen LogP contribution in [0.25, 0.3) is 0 Å². The Labute approximate surface area is 118 Å². The maximum absolute atomic E-state index is 11.3. The molecule has 1 aliphatic rings. The van der Waals surface area contributed by atoms with Crippen LogP contribution in [0.15, 0.2) is 18.3 Å². The number of hydrogen-bond acceptors (Lipinski definition) is 6. The van der Waals surface area contributed by atoms with E-state index in [-0.39, 0.29) is 24.7 Å². The first-order chi connectivity index (χ1) is 9.63. The molecule has 1 aliphatic heterocycles. The van der Waals surface area contributed by atoms with Gasteiger partial charge in [-0.05, 0) is 19.1 Å². The first-order valence-corrected chi connectivity index (χ1v) is 6.63. The fourth-order valence-corrected chi connectivity index (χ4v) is 2.17. The molecule has 1 fully saturated rings. The van der Waals surface area contributed by atoms with Crippen molar-refractivity contribution in [3.05, 3.63) is 29.6 Å². The lowest BCUT2D eigenvalue weighted by molar-refractivity contribution is -0.0808. The normalized spacial score (nSPS) is 23.6. The molecule has 20 heavy (non-hydrogen) atoms. The topological polar surface area (TPSA) is 71.9 Å². The number of ether oxygens (including phenoxy) is 2. The SMILES string of the molecule is COC(=O)c1ccc(CN2CC(CO)OCC2C)nc1. The van der Waals surface area contributed by atoms with Gasteiger partial charge in [0.25, 0.3) is 0 Å². The molecule has 1 N–H and O–H groups in total. The highest BCUT2D eigenvalue weighted by Gasteiger charge is 2.25. The van der Waals surface area contributed by atoms with Crippen LogP contribution >= 0.6 is 0 Å². The van der Waals surface area contributed by atoms with Crippen LogP contribution in [0, 0.1) is 0 Å². The molecule has 6 heteroatoms. The summed E-state index contributed by atoms with van der Waals surface area (Å²) in [6.07, 6.45) is 1.39. The molecule has 1 aromatic heterocycles. The van der Waals surface area contributed by atoms with Crippen LogP contribution < -0.4 is 0 Å². The molecule has 2 atom stereocenters. The van der Waals surface area contributed by atoms with Crippen LogP contribution in [-0.4, -0.2) is 60.0 Å². The number of carbonyl (C=O) groups excluding carboxylic acids is 1. The number of hydrogen-bond donors (Lipinski definition) is 1. The van der Waals surface area contributed by atoms with Crippen molar-refractivity contribution in [2.24, 2.45) is 0 Å². The summed E-state index contributed by atoms with van der Waals surface area (Å²) in [5.74, 6) is -0.385. The van der Waals surface area contributed by atoms with Crippen molar-refractivity contribution in [1.29, 1.82) is 0 Å². The molecule has 2 heterocycles. The highest BCUT2D eigenvalue weighted by atomic mass is 16.5. The number of carbonyl (C=O) groups is 1. The van der Waals surface area contributed by atoms with E-state index < -0.39 is 0 Å². The summed E-state index contributed by atoms with van der Waals surface area (Å²) in [5, 5.41) is 9.17. The number of aromatic nitrogens is 1. The molecule has 110 valence electrons. The van der Waals surface area contributed by atoms with Crippen LogP contribution in [0.4, 0.5) is 0 Å². The van der Waals surface area contributed by atoms with Crippen molar-refractivity contribution >= 4 is 5.97 Å². The largest absolute Gasteiger partial charge is 0.465 e. The van der Waals surface area contributed by atoms with E-state index in [9.17, 15) is 4.79 Å². The minimum Gasteiger partial charge on any atom is -0.465 e. The molecule has 0 amide bonds. The van der Waals surface area contributed by atoms with Gasteiger partial charge in [-0.2, -0.15) is 0 Å². The predicted octanol–water partition coefficient (Wildman–Crippen LogP) is 0.450. The Balaban J connectivity index is 2.00. The molecule has 0 saturated carbocycles. The van der Waals surface area contributed by atoms with Gasteiger partial charge < -0.3 is 14.6 Å². The molecule has 0 bridgehead atoms. The summed E-state index contributed by atoms with van der Waals surface area (Å²) in [7, 11) is 1.35. The fourth-order valence-electron chi connectivity index (χ4n) is 2.17. The number of methoxy groups -OCH3 is 1. The van der Waals surface area contributed by atoms with Crippen molar-refractivity contribution in [2.45, 2.75) is 25.6 Å². The van der Waals surface area contributed by atoms with Crippen LogP contribution in [0.5, 0.6) is 0 Å². The minimum absolute atomic E-state index is 0.0257. The number of aliphatic hydroxyl groups excluding tert-OH is 1. The smallest absolute Gasteiger partial charge is 0.339 e. The first-order valence-electron chi connectivity index (χ1n) is 6.63. The van der Waals surface area contributed by atoms with E-state index in [1.807, 2.05) is 6.07 Å². The Morgan fingerprint density at radius 1 is 1.60 bits per heavy atom. The second kappa shape index (κ2) is 6.78. The molecule has 0 radical (unpaired) electrons. The van der Waals surface area contributed by atoms with Gasteiger partial charge in [-0.3, -0.25) is 9.88 Å². The van der Waals surface area contributed by atoms with Crippen LogP contribution in [0.3, 0.4) is 0 Å². The van der Waals surface area contributed by atoms with Crippen molar-refractivity contribution < 1.29 is 19.4 Å². The van der Waals surface area contributed by atoms with Gasteiger partial charge in [0.2, 0.25) is 0 Å². The van der Waals surface area contributed by atoms with E-state index in [1.165, 1.54) is 13.3 Å². The summed E-state index contributed by atoms with van der Waals surface area (Å²) in [6, 6.07) is 3.81. The molecule has 0 spiro atoms. The zero-order valence-electron chi connectivity index (χ0n) is 11.8. The average molecular weight is 280 g/mol. The van der Waals surface area contributed by atoms with Gasteiger partial charge in [0.1, 0.15) is 0 Å². The predicted molar refractivity (Wildman–Crippen MR) is 72.3 cm³/mol. The Bertz CT molecular complexity index is 449. The van der Waals surface area contributed by atoms with E-state index >= 15 is 0 Å². The van der Waals surface area contributed by atoms with Gasteiger partial charge in [-0.15, -0.1) is 0 Å². The lowest BCUT2D eigenvalue weighted by atomic mass is 10.1. The summed E-state index contributed by atoms with van der Waals surface area (Å²) < 4.78 is 10.1. The van der Waals surface area contributed by atoms with E-state index in [0.717, 1.165) is 5.69 Å². The number of nitrogens with zero attached hydrogens (tertiary/aromatic N) is 2. The monoisotopic (exact) mass is 280 g/mol. The van der Waals surface area contributed by atoms with Crippen LogP contribution in [-0.2, 0) is 16.0 Å². The minimum atomic E-state index is -0.385. The average Bonchev–Trinajstić information content (AvgIpc) is 2.49. The molecule has 1 aromatic rings. The molecule has 0 aromatic carbocycles. The van der Waals surface area contributed by atoms with Crippen molar-refractivity contribution in [1.82, 2.24) is 9.88 Å². The van der Waals surface area contributed by atoms with Gasteiger partial charge in [-0.25, -0.2) is 4.79 Å². The third-order valence-electron chi connectivity index (χ3n) is 3.45. The maximum atomic E-state index is 11.3. The standard InChI is InChI=1S/C14H20N2O4/c1-10-9-20-13(8-17)7-16(10)6-12-4-3-11(5-15-12)14(18)19-2/h3-5,10,13,17H,6-9H2,1-2H3. The zero-order valence-corrected chi connectivity index (χ0v) is 11.8. The molecule has 6 nitrogen and oxygen atoms in total. The lowest BCUT2D eigenvalue weighted by Crippen LogP contribution is -2.48. The summed E-state index contributed by atoms with van der Waals surface area (Å²) in [6.45, 7) is 4.06. The molecular weight excluding hydrogens is 260 g/mol. The molecule has 2 rings (SSSR count). The zero-order chi connectivity index (χ0) is 14.5. The third-order valence-corrected chi connectivity index (χ3v) is 3.45. The lowest BCUT2D eigenvalue weighted by Gasteiger charge is -2.37. The maximum Gasteiger partial charge on any atom is 0.339 e. The Morgan fingerprint density at radius 3 is 3.00 bits per heavy atom. The molecule has 2 unspecified atom stereocenters. The van der Waals surface area contributed by atoms with E-state index in [4.69, 9.17) is 9.84 Å². The van der Waals surface area contributed by atoms with E-state index in [1.54, 1.807) is 6.07 Å². The quantitative estimate of drug-likeness (QED) is 0.807. The van der Waals surface area contributed by atoms with Crippen molar-refractivity contribution in [2.75, 3.05) is 26.9 Å². The summed E-state index contributed by atoms with van der Waals surface area (Å²) >= 11 is 0. The van der Waals surface area contributed by atoms with Gasteiger partial charge >= 0.3 is 5.97 Å². The summed E-state index contributed by atoms with van der Waals surface area (Å²) in [4.78, 5) is 17.8. The number of aliphatic hydroxyl groups is 1. The van der Waals surface area contributed by atoms with E-state index in [2.05, 4.69) is 21.5 Å². The van der Waals surface area contributed by atoms with E-state index in [0.29, 0.717) is 25.3 Å². The third kappa shape index (κ3) is 3.53. The van der Waals surface area contributed by atoms with Crippen LogP contribution in [0.2, 0.25) is 0 Å². The van der Waals surface area contributed by atoms with Crippen molar-refractivity contribution in [3.8, 4) is 0 Å². The van der Waals surface area contributed by atoms with Gasteiger partial charge in [0, 0.05) is 25.3 Å².